The number of hydrogen-bond acceptors (Lipinski definition) is 3. The average molecular weight is 275 g/mol. The molecule has 1 aliphatic heterocycles. The minimum absolute atomic E-state index is 0.218. The van der Waals surface area contributed by atoms with Gasteiger partial charge in [-0.1, -0.05) is 19.9 Å². The largest absolute Gasteiger partial charge is 0.341 e. The lowest BCUT2D eigenvalue weighted by Gasteiger charge is -2.38. The van der Waals surface area contributed by atoms with Gasteiger partial charge in [-0.05, 0) is 43.5 Å². The summed E-state index contributed by atoms with van der Waals surface area (Å²) in [7, 11) is 1.88. The van der Waals surface area contributed by atoms with Crippen molar-refractivity contribution < 1.29 is 4.79 Å². The van der Waals surface area contributed by atoms with Crippen molar-refractivity contribution in [1.82, 2.24) is 15.2 Å². The summed E-state index contributed by atoms with van der Waals surface area (Å²) in [6, 6.07) is 3.91. The van der Waals surface area contributed by atoms with Crippen molar-refractivity contribution in [3.63, 3.8) is 0 Å². The number of carbonyl (C=O) groups excluding carboxylic acids is 1. The normalized spacial score (nSPS) is 19.6. The molecule has 1 fully saturated rings. The van der Waals surface area contributed by atoms with E-state index >= 15 is 0 Å². The highest BCUT2D eigenvalue weighted by molar-refractivity contribution is 5.82. The first kappa shape index (κ1) is 15.0. The van der Waals surface area contributed by atoms with E-state index in [2.05, 4.69) is 24.1 Å². The summed E-state index contributed by atoms with van der Waals surface area (Å²) in [6.45, 7) is 6.79. The van der Waals surface area contributed by atoms with Gasteiger partial charge in [0.25, 0.3) is 0 Å². The molecule has 1 saturated heterocycles. The molecule has 0 aromatic carbocycles. The zero-order chi connectivity index (χ0) is 14.6. The monoisotopic (exact) mass is 275 g/mol. The lowest BCUT2D eigenvalue weighted by Crippen LogP contribution is -2.47. The maximum absolute atomic E-state index is 12.7. The Labute approximate surface area is 121 Å². The number of hydrogen-bond donors (Lipinski definition) is 1. The predicted octanol–water partition coefficient (Wildman–Crippen LogP) is 2.07. The minimum atomic E-state index is -0.315. The van der Waals surface area contributed by atoms with Crippen molar-refractivity contribution in [3.05, 3.63) is 30.1 Å². The molecule has 0 bridgehead atoms. The molecule has 4 nitrogen and oxygen atoms in total. The van der Waals surface area contributed by atoms with Gasteiger partial charge < -0.3 is 10.2 Å². The fourth-order valence-corrected chi connectivity index (χ4v) is 2.97. The van der Waals surface area contributed by atoms with Crippen LogP contribution < -0.4 is 5.32 Å². The molecule has 1 aliphatic rings. The number of amides is 1. The van der Waals surface area contributed by atoms with Gasteiger partial charge in [0, 0.05) is 31.4 Å². The van der Waals surface area contributed by atoms with Gasteiger partial charge in [0.05, 0.1) is 0 Å². The van der Waals surface area contributed by atoms with Crippen molar-refractivity contribution >= 4 is 5.91 Å². The van der Waals surface area contributed by atoms with Crippen LogP contribution in [0.4, 0.5) is 0 Å². The first-order valence-electron chi connectivity index (χ1n) is 7.37. The molecule has 0 radical (unpaired) electrons. The van der Waals surface area contributed by atoms with Gasteiger partial charge in [0.2, 0.25) is 5.91 Å². The summed E-state index contributed by atoms with van der Waals surface area (Å²) >= 11 is 0. The zero-order valence-corrected chi connectivity index (χ0v) is 12.7. The van der Waals surface area contributed by atoms with E-state index in [1.807, 2.05) is 30.3 Å². The Morgan fingerprint density at radius 3 is 2.95 bits per heavy atom. The van der Waals surface area contributed by atoms with Crippen LogP contribution in [0.3, 0.4) is 0 Å². The number of nitrogens with one attached hydrogen (secondary N) is 1. The molecule has 1 amide bonds. The molecule has 1 aromatic heterocycles. The Balaban J connectivity index is 2.01. The van der Waals surface area contributed by atoms with Crippen LogP contribution in [-0.2, 0) is 11.3 Å². The van der Waals surface area contributed by atoms with Crippen LogP contribution in [0.2, 0.25) is 0 Å². The molecular weight excluding hydrogens is 250 g/mol. The molecule has 1 N–H and O–H groups in total. The zero-order valence-electron chi connectivity index (χ0n) is 12.7. The smallest absolute Gasteiger partial charge is 0.228 e. The molecule has 2 rings (SSSR count). The molecule has 0 aliphatic carbocycles. The highest BCUT2D eigenvalue weighted by Crippen LogP contribution is 2.33. The van der Waals surface area contributed by atoms with Crippen LogP contribution >= 0.6 is 0 Å². The number of carbonyl (C=O) groups is 1. The summed E-state index contributed by atoms with van der Waals surface area (Å²) in [5.74, 6) is 0.634. The molecule has 20 heavy (non-hydrogen) atoms. The number of nitrogens with zero attached hydrogens (tertiary/aromatic N) is 2. The maximum atomic E-state index is 12.7. The second-order valence-electron chi connectivity index (χ2n) is 6.29. The van der Waals surface area contributed by atoms with Crippen LogP contribution in [-0.4, -0.2) is 35.9 Å². The fraction of sp³-hybridized carbons (Fsp3) is 0.625. The van der Waals surface area contributed by atoms with Gasteiger partial charge in [0.1, 0.15) is 0 Å². The second-order valence-corrected chi connectivity index (χ2v) is 6.29. The van der Waals surface area contributed by atoms with Gasteiger partial charge in [-0.15, -0.1) is 0 Å². The standard InChI is InChI=1S/C16H25N3O/c1-16(2,14-7-5-9-18-11-14)15(20)19(3)12-13-6-4-8-17-10-13/h4,6,8,10,14,18H,5,7,9,11-12H2,1-3H3. The van der Waals surface area contributed by atoms with Crippen molar-refractivity contribution in [3.8, 4) is 0 Å². The molecule has 1 unspecified atom stereocenters. The third kappa shape index (κ3) is 3.37. The summed E-state index contributed by atoms with van der Waals surface area (Å²) in [4.78, 5) is 18.7. The van der Waals surface area contributed by atoms with E-state index in [9.17, 15) is 4.79 Å². The van der Waals surface area contributed by atoms with E-state index in [4.69, 9.17) is 0 Å². The van der Waals surface area contributed by atoms with Crippen LogP contribution in [0, 0.1) is 11.3 Å². The van der Waals surface area contributed by atoms with Gasteiger partial charge in [0.15, 0.2) is 0 Å². The van der Waals surface area contributed by atoms with Crippen molar-refractivity contribution in [2.75, 3.05) is 20.1 Å². The molecular formula is C16H25N3O. The quantitative estimate of drug-likeness (QED) is 0.915. The van der Waals surface area contributed by atoms with Crippen LogP contribution in [0.15, 0.2) is 24.5 Å². The Bertz CT molecular complexity index is 438. The topological polar surface area (TPSA) is 45.2 Å². The summed E-state index contributed by atoms with van der Waals surface area (Å²) in [5.41, 5.74) is 0.755. The lowest BCUT2D eigenvalue weighted by atomic mass is 9.74. The third-order valence-corrected chi connectivity index (χ3v) is 4.36. The first-order chi connectivity index (χ1) is 9.51. The van der Waals surface area contributed by atoms with E-state index < -0.39 is 0 Å². The Hall–Kier alpha value is -1.42. The van der Waals surface area contributed by atoms with Crippen LogP contribution in [0.1, 0.15) is 32.3 Å². The second kappa shape index (κ2) is 6.35. The summed E-state index contributed by atoms with van der Waals surface area (Å²) < 4.78 is 0. The van der Waals surface area contributed by atoms with E-state index in [1.54, 1.807) is 6.20 Å². The van der Waals surface area contributed by atoms with E-state index in [0.717, 1.165) is 31.5 Å². The van der Waals surface area contributed by atoms with E-state index in [1.165, 1.54) is 0 Å². The Morgan fingerprint density at radius 1 is 1.55 bits per heavy atom. The lowest BCUT2D eigenvalue weighted by molar-refractivity contribution is -0.143. The van der Waals surface area contributed by atoms with Crippen molar-refractivity contribution in [2.24, 2.45) is 11.3 Å². The first-order valence-corrected chi connectivity index (χ1v) is 7.37. The number of aromatic nitrogens is 1. The third-order valence-electron chi connectivity index (χ3n) is 4.36. The van der Waals surface area contributed by atoms with E-state index in [0.29, 0.717) is 12.5 Å². The molecule has 4 heteroatoms. The maximum Gasteiger partial charge on any atom is 0.228 e. The SMILES string of the molecule is CN(Cc1cccnc1)C(=O)C(C)(C)C1CCCNC1. The molecule has 1 atom stereocenters. The van der Waals surface area contributed by atoms with E-state index in [-0.39, 0.29) is 11.3 Å². The van der Waals surface area contributed by atoms with Crippen LogP contribution in [0.25, 0.3) is 0 Å². The Kier molecular flexibility index (Phi) is 4.76. The van der Waals surface area contributed by atoms with Crippen LogP contribution in [0.5, 0.6) is 0 Å². The van der Waals surface area contributed by atoms with Gasteiger partial charge >= 0.3 is 0 Å². The summed E-state index contributed by atoms with van der Waals surface area (Å²) in [5, 5.41) is 3.40. The molecule has 110 valence electrons. The van der Waals surface area contributed by atoms with Gasteiger partial charge in [-0.2, -0.15) is 0 Å². The fourth-order valence-electron chi connectivity index (χ4n) is 2.97. The Morgan fingerprint density at radius 2 is 2.35 bits per heavy atom. The van der Waals surface area contributed by atoms with Gasteiger partial charge in [-0.3, -0.25) is 9.78 Å². The number of pyridine rings is 1. The highest BCUT2D eigenvalue weighted by Gasteiger charge is 2.38. The highest BCUT2D eigenvalue weighted by atomic mass is 16.2. The number of piperidine rings is 1. The van der Waals surface area contributed by atoms with Gasteiger partial charge in [-0.25, -0.2) is 0 Å². The van der Waals surface area contributed by atoms with Crippen molar-refractivity contribution in [1.29, 1.82) is 0 Å². The average Bonchev–Trinajstić information content (AvgIpc) is 2.48. The number of rotatable bonds is 4. The molecule has 0 spiro atoms. The predicted molar refractivity (Wildman–Crippen MR) is 80.1 cm³/mol. The molecule has 2 heterocycles. The minimum Gasteiger partial charge on any atom is -0.341 e. The molecule has 1 aromatic rings. The molecule has 0 saturated carbocycles. The van der Waals surface area contributed by atoms with Crippen molar-refractivity contribution in [2.45, 2.75) is 33.2 Å². The summed E-state index contributed by atoms with van der Waals surface area (Å²) in [6.07, 6.45) is 5.86.